The first-order valence-electron chi connectivity index (χ1n) is 47.8. The van der Waals surface area contributed by atoms with Crippen LogP contribution in [0.3, 0.4) is 0 Å². The van der Waals surface area contributed by atoms with Crippen molar-refractivity contribution in [1.29, 1.82) is 0 Å². The van der Waals surface area contributed by atoms with Crippen molar-refractivity contribution in [2.24, 2.45) is 0 Å². The number of hydrogen-bond donors (Lipinski definition) is 0. The number of aromatic nitrogens is 12. The van der Waals surface area contributed by atoms with Crippen molar-refractivity contribution in [2.45, 2.75) is 220 Å². The quantitative estimate of drug-likeness (QED) is 0.0327. The molecule has 18 rings (SSSR count). The first-order valence-corrected chi connectivity index (χ1v) is 55.2. The third-order valence-electron chi connectivity index (χ3n) is 25.0. The fourth-order valence-electron chi connectivity index (χ4n) is 16.8. The van der Waals surface area contributed by atoms with E-state index in [9.17, 15) is 0 Å². The first kappa shape index (κ1) is 120. The summed E-state index contributed by atoms with van der Waals surface area (Å²) < 4.78 is 26.5. The summed E-state index contributed by atoms with van der Waals surface area (Å²) in [5.41, 5.74) is 26.7. The van der Waals surface area contributed by atoms with Crippen LogP contribution in [0.25, 0.3) is 68.2 Å². The molecule has 0 unspecified atom stereocenters. The number of imidazole rings is 6. The number of para-hydroxylation sites is 4. The van der Waals surface area contributed by atoms with Gasteiger partial charge in [0, 0.05) is 118 Å². The van der Waals surface area contributed by atoms with Crippen molar-refractivity contribution in [3.63, 3.8) is 0 Å². The van der Waals surface area contributed by atoms with Crippen LogP contribution in [-0.4, -0.2) is 54.8 Å². The summed E-state index contributed by atoms with van der Waals surface area (Å²) in [6.45, 7) is 25.6. The van der Waals surface area contributed by atoms with Crippen LogP contribution in [-0.2, 0) is 278 Å². The summed E-state index contributed by atoms with van der Waals surface area (Å²) >= 11 is 102. The van der Waals surface area contributed by atoms with Gasteiger partial charge in [-0.1, -0.05) is 253 Å². The molecule has 0 aliphatic rings. The van der Waals surface area contributed by atoms with Crippen LogP contribution in [0.4, 0.5) is 0 Å². The van der Waals surface area contributed by atoms with Crippen LogP contribution in [0, 0.1) is 28.6 Å². The first-order chi connectivity index (χ1) is 69.4. The van der Waals surface area contributed by atoms with Crippen LogP contribution in [0.5, 0.6) is 0 Å². The topological polar surface area (TPSA) is 59.2 Å². The van der Waals surface area contributed by atoms with Gasteiger partial charge in [0.15, 0.2) is 28.6 Å². The van der Waals surface area contributed by atoms with E-state index in [2.05, 4.69) is 229 Å². The molecule has 18 aromatic rings. The molecule has 0 fully saturated rings. The number of benzene rings is 12. The Morgan fingerprint density at radius 1 is 0.150 bits per heavy atom. The van der Waals surface area contributed by atoms with E-state index in [1.54, 1.807) is 0 Å². The second kappa shape index (κ2) is 56.1. The molecule has 774 valence electrons. The van der Waals surface area contributed by atoms with Gasteiger partial charge >= 0.3 is 0 Å². The number of aryl methyl sites for hydroxylation is 12. The average molecular weight is 2400 g/mol. The van der Waals surface area contributed by atoms with Crippen molar-refractivity contribution in [3.05, 3.63) is 387 Å². The molecule has 0 bridgehead atoms. The van der Waals surface area contributed by atoms with Gasteiger partial charge in [-0.15, -0.1) is 60.3 Å². The molecular weight excluding hydrogens is 2290 g/mol. The molecule has 0 saturated heterocycles. The molecule has 0 spiro atoms. The number of nitrogens with zero attached hydrogens (tertiary/aromatic N) is 12. The molecule has 12 nitrogen and oxygen atoms in total. The Kier molecular flexibility index (Phi) is 45.9. The third-order valence-corrected chi connectivity index (χ3v) is 32.5. The largest absolute Gasteiger partial charge is 0.762 e. The van der Waals surface area contributed by atoms with E-state index in [1.165, 1.54) is 66.8 Å². The second-order valence-corrected chi connectivity index (χ2v) is 40.3. The van der Waals surface area contributed by atoms with Crippen molar-refractivity contribution in [2.75, 3.05) is 0 Å². The maximum absolute atomic E-state index is 5.77. The second-order valence-electron chi connectivity index (χ2n) is 33.5. The minimum Gasteiger partial charge on any atom is -0.762 e. The van der Waals surface area contributed by atoms with Crippen molar-refractivity contribution < 1.29 is 49.5 Å². The Hall–Kier alpha value is -8.66. The maximum Gasteiger partial charge on any atom is 0.186 e. The van der Waals surface area contributed by atoms with E-state index in [-0.39, 0.29) is 49.5 Å². The van der Waals surface area contributed by atoms with Crippen LogP contribution < -0.4 is 0 Å². The normalized spacial score (nSPS) is 10.7. The minimum atomic E-state index is 0. The Morgan fingerprint density at radius 2 is 0.293 bits per heavy atom. The van der Waals surface area contributed by atoms with Gasteiger partial charge in [-0.2, -0.15) is 0 Å². The Balaban J connectivity index is 0.000000180. The standard InChI is InChI=1S/6C19H20N2S3.3Ni/c2*1-3-13-5-9-15(10-6-13)20-17(22)18(23)21(19(20)24)16-11-7-14(4-2)8-12-16;2*1-3-13-7-5-9-15(11-13)20-17(22)18(23)21(19(20)24)16-10-6-8-14(4-2)12-16;2*1-3-13-9-5-7-11-15(13)20-17(22)18(23)21(19(20)24)16-12-8-6-10-14(16)4-2;;;/h6*5-12,22-23H,3-4H2,1-2H3;;;/p-12. The predicted octanol–water partition coefficient (Wildman–Crippen LogP) is 29.6. The van der Waals surface area contributed by atoms with E-state index in [1.807, 2.05) is 200 Å². The summed E-state index contributed by atoms with van der Waals surface area (Å²) in [5, 5.41) is 7.08. The molecule has 0 radical (unpaired) electrons. The van der Waals surface area contributed by atoms with Gasteiger partial charge in [-0.3, -0.25) is 0 Å². The molecule has 0 atom stereocenters. The van der Waals surface area contributed by atoms with Crippen LogP contribution in [0.1, 0.15) is 150 Å². The van der Waals surface area contributed by atoms with Gasteiger partial charge in [0.25, 0.3) is 0 Å². The van der Waals surface area contributed by atoms with Crippen LogP contribution >= 0.6 is 73.3 Å². The van der Waals surface area contributed by atoms with E-state index in [0.717, 1.165) is 145 Å². The zero-order chi connectivity index (χ0) is 104. The molecule has 0 saturated carbocycles. The Morgan fingerprint density at radius 3 is 0.449 bits per heavy atom. The molecule has 6 heterocycles. The van der Waals surface area contributed by atoms with Gasteiger partial charge < -0.3 is 206 Å². The van der Waals surface area contributed by atoms with Crippen LogP contribution in [0.15, 0.2) is 351 Å². The van der Waals surface area contributed by atoms with E-state index >= 15 is 0 Å². The molecule has 6 aromatic heterocycles. The number of hydrogen-bond acceptors (Lipinski definition) is 18. The fourth-order valence-corrected chi connectivity index (χ4v) is 23.2. The van der Waals surface area contributed by atoms with Crippen LogP contribution in [0.2, 0.25) is 0 Å². The van der Waals surface area contributed by atoms with Gasteiger partial charge in [-0.05, 0) is 338 Å². The smallest absolute Gasteiger partial charge is 0.186 e. The predicted molar refractivity (Wildman–Crippen MR) is 636 cm³/mol. The molecule has 0 N–H and O–H groups in total. The minimum absolute atomic E-state index is 0. The SMILES string of the molecule is CCc1ccc(-n2c([S-])c([S-])n(-c3ccc(CC)cc3)c2=S)cc1.CCc1ccc(-n2c([S-])c([S-])n(-c3ccc(CC)cc3)c2=S)cc1.CCc1cccc(-n2c([S-])c([S-])n(-c3cccc(CC)c3)c2=S)c1.CCc1cccc(-n2c([S-])c([S-])n(-c3cccc(CC)c3)c2=S)c1.CCc1ccccc1-n1c([S-])c([S-])n(-c2ccccc2CC)c1=S.CCc1ccccc1-n1c([S-])c([S-])n(-c2ccccc2CC)c1=S.[Ni].[Ni].[Ni]. The molecule has 147 heavy (non-hydrogen) atoms. The van der Waals surface area contributed by atoms with E-state index in [0.29, 0.717) is 88.9 Å². The average Bonchev–Trinajstić information content (AvgIpc) is 1.62. The molecule has 0 aliphatic carbocycles. The monoisotopic (exact) mass is 2390 g/mol. The summed E-state index contributed by atoms with van der Waals surface area (Å²) in [4.78, 5) is 0. The molecule has 12 aromatic carbocycles. The van der Waals surface area contributed by atoms with Crippen molar-refractivity contribution in [1.82, 2.24) is 54.8 Å². The molecule has 0 aliphatic heterocycles. The Labute approximate surface area is 992 Å². The fraction of sp³-hybridized carbons (Fsp3) is 0.211. The zero-order valence-corrected chi connectivity index (χ0v) is 101. The van der Waals surface area contributed by atoms with Gasteiger partial charge in [0.2, 0.25) is 0 Å². The summed E-state index contributed by atoms with van der Waals surface area (Å²) in [5.74, 6) is 0. The third kappa shape index (κ3) is 26.6. The number of rotatable bonds is 24. The summed E-state index contributed by atoms with van der Waals surface area (Å²) in [7, 11) is 0. The van der Waals surface area contributed by atoms with Gasteiger partial charge in [0.05, 0.1) is 0 Å². The van der Waals surface area contributed by atoms with E-state index in [4.69, 9.17) is 225 Å². The van der Waals surface area contributed by atoms with Crippen molar-refractivity contribution in [3.8, 4) is 68.2 Å². The molecular formula is C114H108N12Ni3S18-12. The van der Waals surface area contributed by atoms with Crippen molar-refractivity contribution >= 4 is 225 Å². The summed E-state index contributed by atoms with van der Waals surface area (Å²) in [6.07, 6.45) is 11.5. The molecule has 33 heteroatoms. The van der Waals surface area contributed by atoms with Gasteiger partial charge in [-0.25, -0.2) is 0 Å². The maximum atomic E-state index is 5.77. The summed E-state index contributed by atoms with van der Waals surface area (Å²) in [6, 6.07) is 99.0. The Bertz CT molecular complexity index is 7080. The molecule has 0 amide bonds. The van der Waals surface area contributed by atoms with E-state index < -0.39 is 0 Å². The van der Waals surface area contributed by atoms with Gasteiger partial charge in [0.1, 0.15) is 0 Å². The zero-order valence-electron chi connectivity index (χ0n) is 82.9.